The smallest absolute Gasteiger partial charge is 0.335 e. The first-order valence-electron chi connectivity index (χ1n) is 21.7. The molecule has 9 rings (SSSR count). The molecule has 0 saturated heterocycles. The maximum Gasteiger partial charge on any atom is 0.335 e. The quantitative estimate of drug-likeness (QED) is 0.0923. The van der Waals surface area contributed by atoms with Gasteiger partial charge in [-0.1, -0.05) is 84.4 Å². The first-order valence-corrected chi connectivity index (χ1v) is 23.4. The van der Waals surface area contributed by atoms with Crippen molar-refractivity contribution in [3.8, 4) is 42.8 Å². The summed E-state index contributed by atoms with van der Waals surface area (Å²) in [7, 11) is 0. The highest BCUT2D eigenvalue weighted by Crippen LogP contribution is 2.47. The predicted molar refractivity (Wildman–Crippen MR) is 252 cm³/mol. The fourth-order valence-electron chi connectivity index (χ4n) is 9.04. The number of thiophene rings is 2. The lowest BCUT2D eigenvalue weighted by molar-refractivity contribution is 0.0697. The Morgan fingerprint density at radius 3 is 1.66 bits per heavy atom. The molecule has 6 aromatic heterocycles. The Balaban J connectivity index is 1.33. The molecule has 61 heavy (non-hydrogen) atoms. The van der Waals surface area contributed by atoms with Crippen LogP contribution in [0.15, 0.2) is 99.9 Å². The Kier molecular flexibility index (Phi) is 11.3. The van der Waals surface area contributed by atoms with Gasteiger partial charge in [-0.2, -0.15) is 0 Å². The zero-order valence-corrected chi connectivity index (χ0v) is 36.7. The van der Waals surface area contributed by atoms with Crippen LogP contribution >= 0.6 is 22.7 Å². The monoisotopic (exact) mass is 850 g/mol. The highest BCUT2D eigenvalue weighted by molar-refractivity contribution is 7.19. The van der Waals surface area contributed by atoms with Crippen molar-refractivity contribution in [1.29, 1.82) is 0 Å². The predicted octanol–water partition coefficient (Wildman–Crippen LogP) is 13.3. The van der Waals surface area contributed by atoms with E-state index < -0.39 is 5.97 Å². The minimum atomic E-state index is -0.986. The molecule has 312 valence electrons. The van der Waals surface area contributed by atoms with E-state index in [0.29, 0.717) is 75.1 Å². The average Bonchev–Trinajstić information content (AvgIpc) is 4.10. The van der Waals surface area contributed by atoms with Crippen molar-refractivity contribution in [1.82, 2.24) is 8.80 Å². The third-order valence-electron chi connectivity index (χ3n) is 12.5. The molecule has 0 fully saturated rings. The number of hydrogen-bond donors (Lipinski definition) is 1. The van der Waals surface area contributed by atoms with Crippen LogP contribution in [0.2, 0.25) is 0 Å². The lowest BCUT2D eigenvalue weighted by atomic mass is 10.0. The Labute approximate surface area is 362 Å². The summed E-state index contributed by atoms with van der Waals surface area (Å²) in [6.45, 7) is 10.0. The van der Waals surface area contributed by atoms with E-state index in [1.165, 1.54) is 22.7 Å². The number of carbonyl (C=O) groups is 1. The fourth-order valence-corrected chi connectivity index (χ4v) is 10.9. The molecular formula is C51H50N2O6S2. The molecule has 9 aromatic rings. The molecule has 0 aliphatic carbocycles. The van der Waals surface area contributed by atoms with E-state index in [1.807, 2.05) is 74.8 Å². The van der Waals surface area contributed by atoms with Gasteiger partial charge in [0.05, 0.1) is 52.0 Å². The normalized spacial score (nSPS) is 13.0. The maximum atomic E-state index is 15.6. The largest absolute Gasteiger partial charge is 0.493 e. The Hall–Kier alpha value is -5.71. The van der Waals surface area contributed by atoms with E-state index in [1.54, 1.807) is 24.3 Å². The number of pyridine rings is 2. The Morgan fingerprint density at radius 2 is 1.18 bits per heavy atom. The lowest BCUT2D eigenvalue weighted by Crippen LogP contribution is -2.19. The van der Waals surface area contributed by atoms with Crippen LogP contribution in [0.1, 0.15) is 89.4 Å². The average molecular weight is 851 g/mol. The summed E-state index contributed by atoms with van der Waals surface area (Å²) in [4.78, 5) is 45.1. The number of hydrogen-bond acceptors (Lipinski definition) is 7. The first-order chi connectivity index (χ1) is 29.8. The molecule has 0 bridgehead atoms. The molecular weight excluding hydrogens is 801 g/mol. The second kappa shape index (κ2) is 17.0. The molecule has 0 spiro atoms. The third-order valence-corrected chi connectivity index (χ3v) is 14.6. The molecule has 6 heterocycles. The van der Waals surface area contributed by atoms with Gasteiger partial charge < -0.3 is 14.6 Å². The Morgan fingerprint density at radius 1 is 0.656 bits per heavy atom. The van der Waals surface area contributed by atoms with E-state index in [0.717, 1.165) is 87.7 Å². The first kappa shape index (κ1) is 40.7. The summed E-state index contributed by atoms with van der Waals surface area (Å²) in [5.74, 6) is 1.29. The van der Waals surface area contributed by atoms with Crippen molar-refractivity contribution < 1.29 is 19.4 Å². The number of aromatic nitrogens is 2. The zero-order valence-electron chi connectivity index (χ0n) is 35.1. The number of aromatic carboxylic acids is 1. The van der Waals surface area contributed by atoms with Crippen LogP contribution in [0, 0.1) is 11.8 Å². The minimum absolute atomic E-state index is 0.143. The van der Waals surface area contributed by atoms with Crippen LogP contribution in [0.3, 0.4) is 0 Å². The van der Waals surface area contributed by atoms with Crippen molar-refractivity contribution in [2.24, 2.45) is 11.8 Å². The molecule has 0 aliphatic rings. The van der Waals surface area contributed by atoms with E-state index in [9.17, 15) is 9.90 Å². The van der Waals surface area contributed by atoms with Crippen molar-refractivity contribution in [2.75, 3.05) is 13.2 Å². The number of benzene rings is 3. The highest BCUT2D eigenvalue weighted by atomic mass is 32.1. The molecule has 3 aromatic carbocycles. The molecule has 8 nitrogen and oxygen atoms in total. The van der Waals surface area contributed by atoms with Crippen molar-refractivity contribution >= 4 is 72.3 Å². The van der Waals surface area contributed by atoms with Gasteiger partial charge in [0.15, 0.2) is 0 Å². The lowest BCUT2D eigenvalue weighted by Gasteiger charge is -2.15. The van der Waals surface area contributed by atoms with Crippen molar-refractivity contribution in [2.45, 2.75) is 79.1 Å². The molecule has 10 heteroatoms. The number of ether oxygens (including phenoxy) is 2. The molecule has 0 radical (unpaired) electrons. The van der Waals surface area contributed by atoms with Crippen LogP contribution < -0.4 is 20.6 Å². The van der Waals surface area contributed by atoms with Gasteiger partial charge in [-0.05, 0) is 102 Å². The second-order valence-electron chi connectivity index (χ2n) is 16.3. The van der Waals surface area contributed by atoms with Crippen LogP contribution in [-0.4, -0.2) is 33.1 Å². The van der Waals surface area contributed by atoms with E-state index in [-0.39, 0.29) is 16.7 Å². The van der Waals surface area contributed by atoms with Gasteiger partial charge in [0.2, 0.25) is 0 Å². The molecule has 2 unspecified atom stereocenters. The topological polar surface area (TPSA) is 98.7 Å². The summed E-state index contributed by atoms with van der Waals surface area (Å²) < 4.78 is 16.7. The van der Waals surface area contributed by atoms with E-state index in [4.69, 9.17) is 9.47 Å². The summed E-state index contributed by atoms with van der Waals surface area (Å²) in [5, 5.41) is 14.6. The summed E-state index contributed by atoms with van der Waals surface area (Å²) in [6.07, 6.45) is 8.84. The highest BCUT2D eigenvalue weighted by Gasteiger charge is 2.31. The van der Waals surface area contributed by atoms with Gasteiger partial charge in [-0.15, -0.1) is 22.7 Å². The number of rotatable bonds is 18. The van der Waals surface area contributed by atoms with Crippen LogP contribution in [-0.2, 0) is 0 Å². The number of carboxylic acids is 1. The van der Waals surface area contributed by atoms with Gasteiger partial charge in [0.25, 0.3) is 11.1 Å². The number of unbranched alkanes of at least 4 members (excludes halogenated alkanes) is 2. The van der Waals surface area contributed by atoms with Gasteiger partial charge in [-0.25, -0.2) is 4.79 Å². The van der Waals surface area contributed by atoms with Crippen molar-refractivity contribution in [3.05, 3.63) is 117 Å². The second-order valence-corrected chi connectivity index (χ2v) is 18.3. The number of nitrogens with zero attached hydrogens (tertiary/aromatic N) is 2. The van der Waals surface area contributed by atoms with Crippen LogP contribution in [0.25, 0.3) is 74.9 Å². The molecule has 1 N–H and O–H groups in total. The van der Waals surface area contributed by atoms with Gasteiger partial charge in [0.1, 0.15) is 11.5 Å². The van der Waals surface area contributed by atoms with E-state index in [2.05, 4.69) is 27.7 Å². The number of carboxylic acid groups (broad SMARTS) is 1. The zero-order chi connectivity index (χ0) is 42.4. The molecule has 0 amide bonds. The number of fused-ring (bicyclic) bond motifs is 6. The van der Waals surface area contributed by atoms with Crippen LogP contribution in [0.5, 0.6) is 11.5 Å². The van der Waals surface area contributed by atoms with Gasteiger partial charge in [-0.3, -0.25) is 18.4 Å². The van der Waals surface area contributed by atoms with Crippen LogP contribution in [0.4, 0.5) is 0 Å². The van der Waals surface area contributed by atoms with Gasteiger partial charge >= 0.3 is 5.97 Å². The SMILES string of the molecule is CCCCC(CC)COc1ccc2c(c1)c1c(-c3cccs3)c(=O)n3c4ccc(OCC(CC)CCCC)cc4c4c(-c5ccc(-c6ccc(C(=O)O)cc6)s5)c(=O)n2c1c43. The van der Waals surface area contributed by atoms with Gasteiger partial charge in [0, 0.05) is 36.2 Å². The fraction of sp³-hybridized carbons (Fsp3) is 0.314. The Bertz CT molecular complexity index is 3120. The summed E-state index contributed by atoms with van der Waals surface area (Å²) in [6, 6.07) is 26.6. The summed E-state index contributed by atoms with van der Waals surface area (Å²) in [5.41, 5.74) is 4.65. The molecule has 0 aliphatic heterocycles. The molecule has 2 atom stereocenters. The third kappa shape index (κ3) is 7.13. The van der Waals surface area contributed by atoms with E-state index >= 15 is 9.59 Å². The minimum Gasteiger partial charge on any atom is -0.493 e. The molecule has 0 saturated carbocycles. The summed E-state index contributed by atoms with van der Waals surface area (Å²) >= 11 is 2.99. The maximum absolute atomic E-state index is 15.6. The standard InChI is InChI=1S/C51H50N2O6S2/c1-5-9-12-30(7-3)28-58-34-19-21-38-36(26-34)43-45(41-14-11-25-60-41)49(54)52-39-22-20-35(59-29-31(8-4)13-10-6-2)27-37(39)44-46(50(55)53(38)47(43)48(44)52)42-24-23-40(61-42)32-15-17-33(18-16-32)51(56)57/h11,14-27,30-31H,5-10,12-13,28-29H2,1-4H3,(H,56,57). The van der Waals surface area contributed by atoms with Crippen molar-refractivity contribution in [3.63, 3.8) is 0 Å².